The molecule has 0 unspecified atom stereocenters. The van der Waals surface area contributed by atoms with Gasteiger partial charge in [0, 0.05) is 5.92 Å². The molecule has 0 saturated heterocycles. The van der Waals surface area contributed by atoms with Crippen LogP contribution in [-0.4, -0.2) is 19.9 Å². The Morgan fingerprint density at radius 1 is 1.36 bits per heavy atom. The highest BCUT2D eigenvalue weighted by molar-refractivity contribution is 5.74. The highest BCUT2D eigenvalue weighted by Crippen LogP contribution is 2.37. The molecular weight excluding hydrogens is 178 g/mol. The maximum absolute atomic E-state index is 5.62. The number of aromatic nitrogens is 4. The lowest BCUT2D eigenvalue weighted by atomic mass is 9.82. The van der Waals surface area contributed by atoms with Crippen molar-refractivity contribution in [2.45, 2.75) is 25.2 Å². The highest BCUT2D eigenvalue weighted by Gasteiger charge is 2.24. The standard InChI is InChI=1S/C9H11N5/c10-9-13-6(5-2-1-3-5)7-8(14-9)12-4-11-7/h4-5H,1-3H2,(H3,10,11,12,13,14). The molecule has 0 atom stereocenters. The van der Waals surface area contributed by atoms with Crippen molar-refractivity contribution in [2.75, 3.05) is 5.73 Å². The smallest absolute Gasteiger partial charge is 0.222 e. The molecule has 1 aliphatic carbocycles. The van der Waals surface area contributed by atoms with Crippen molar-refractivity contribution in [1.29, 1.82) is 0 Å². The number of anilines is 1. The van der Waals surface area contributed by atoms with Crippen LogP contribution in [0.15, 0.2) is 6.33 Å². The molecule has 1 aliphatic rings. The third kappa shape index (κ3) is 0.982. The van der Waals surface area contributed by atoms with Crippen LogP contribution >= 0.6 is 0 Å². The van der Waals surface area contributed by atoms with Crippen LogP contribution < -0.4 is 5.73 Å². The van der Waals surface area contributed by atoms with E-state index in [4.69, 9.17) is 5.73 Å². The van der Waals surface area contributed by atoms with Gasteiger partial charge in [-0.25, -0.2) is 9.97 Å². The molecule has 2 aromatic heterocycles. The summed E-state index contributed by atoms with van der Waals surface area (Å²) in [7, 11) is 0. The molecule has 14 heavy (non-hydrogen) atoms. The normalized spacial score (nSPS) is 17.1. The molecule has 0 aliphatic heterocycles. The minimum atomic E-state index is 0.325. The van der Waals surface area contributed by atoms with Gasteiger partial charge in [0.05, 0.1) is 12.0 Å². The first-order chi connectivity index (χ1) is 6.84. The van der Waals surface area contributed by atoms with Crippen molar-refractivity contribution in [3.8, 4) is 0 Å². The molecule has 1 saturated carbocycles. The molecule has 72 valence electrons. The number of nitrogens with two attached hydrogens (primary N) is 1. The number of nitrogens with zero attached hydrogens (tertiary/aromatic N) is 3. The van der Waals surface area contributed by atoms with Crippen molar-refractivity contribution in [1.82, 2.24) is 19.9 Å². The van der Waals surface area contributed by atoms with Crippen molar-refractivity contribution >= 4 is 17.1 Å². The Morgan fingerprint density at radius 3 is 2.93 bits per heavy atom. The monoisotopic (exact) mass is 189 g/mol. The van der Waals surface area contributed by atoms with E-state index in [0.717, 1.165) is 11.2 Å². The summed E-state index contributed by atoms with van der Waals surface area (Å²) in [6, 6.07) is 0. The Morgan fingerprint density at radius 2 is 2.21 bits per heavy atom. The number of H-pyrrole nitrogens is 1. The Kier molecular flexibility index (Phi) is 1.47. The van der Waals surface area contributed by atoms with E-state index < -0.39 is 0 Å². The SMILES string of the molecule is Nc1nc(C2CCC2)c2[nH]cnc2n1. The van der Waals surface area contributed by atoms with Crippen molar-refractivity contribution in [2.24, 2.45) is 0 Å². The first kappa shape index (κ1) is 7.73. The summed E-state index contributed by atoms with van der Waals surface area (Å²) in [6.45, 7) is 0. The average molecular weight is 189 g/mol. The topological polar surface area (TPSA) is 80.5 Å². The second-order valence-electron chi connectivity index (χ2n) is 3.70. The molecule has 2 aromatic rings. The lowest BCUT2D eigenvalue weighted by Gasteiger charge is -2.24. The quantitative estimate of drug-likeness (QED) is 0.706. The van der Waals surface area contributed by atoms with Crippen LogP contribution in [0.1, 0.15) is 30.9 Å². The zero-order valence-electron chi connectivity index (χ0n) is 7.70. The summed E-state index contributed by atoms with van der Waals surface area (Å²) in [5.41, 5.74) is 8.29. The molecule has 0 spiro atoms. The van der Waals surface area contributed by atoms with Gasteiger partial charge < -0.3 is 10.7 Å². The zero-order chi connectivity index (χ0) is 9.54. The van der Waals surface area contributed by atoms with Gasteiger partial charge in [-0.3, -0.25) is 0 Å². The van der Waals surface area contributed by atoms with Gasteiger partial charge in [-0.2, -0.15) is 4.98 Å². The Balaban J connectivity index is 2.23. The molecule has 5 heteroatoms. The van der Waals surface area contributed by atoms with E-state index in [1.165, 1.54) is 19.3 Å². The number of hydrogen-bond donors (Lipinski definition) is 2. The fraction of sp³-hybridized carbons (Fsp3) is 0.444. The Bertz CT molecular complexity index is 471. The van der Waals surface area contributed by atoms with Gasteiger partial charge in [-0.05, 0) is 12.8 Å². The molecule has 1 fully saturated rings. The second kappa shape index (κ2) is 2.67. The summed E-state index contributed by atoms with van der Waals surface area (Å²) in [5, 5.41) is 0. The van der Waals surface area contributed by atoms with Gasteiger partial charge in [-0.1, -0.05) is 6.42 Å². The van der Waals surface area contributed by atoms with Gasteiger partial charge in [0.2, 0.25) is 5.95 Å². The van der Waals surface area contributed by atoms with E-state index in [1.54, 1.807) is 6.33 Å². The lowest BCUT2D eigenvalue weighted by molar-refractivity contribution is 0.413. The number of nitrogens with one attached hydrogen (secondary N) is 1. The number of rotatable bonds is 1. The lowest BCUT2D eigenvalue weighted by Crippen LogP contribution is -2.13. The highest BCUT2D eigenvalue weighted by atomic mass is 15.1. The molecule has 0 aromatic carbocycles. The Hall–Kier alpha value is -1.65. The first-order valence-electron chi connectivity index (χ1n) is 4.81. The molecule has 5 nitrogen and oxygen atoms in total. The fourth-order valence-corrected chi connectivity index (χ4v) is 1.85. The average Bonchev–Trinajstić information content (AvgIpc) is 2.47. The predicted octanol–water partition coefficient (Wildman–Crippen LogP) is 1.20. The van der Waals surface area contributed by atoms with Crippen molar-refractivity contribution in [3.63, 3.8) is 0 Å². The summed E-state index contributed by atoms with van der Waals surface area (Å²) in [5.74, 6) is 0.870. The van der Waals surface area contributed by atoms with Crippen LogP contribution in [0.2, 0.25) is 0 Å². The maximum Gasteiger partial charge on any atom is 0.222 e. The van der Waals surface area contributed by atoms with Crippen LogP contribution in [0.3, 0.4) is 0 Å². The molecular formula is C9H11N5. The number of hydrogen-bond acceptors (Lipinski definition) is 4. The van der Waals surface area contributed by atoms with Crippen LogP contribution in [0, 0.1) is 0 Å². The minimum absolute atomic E-state index is 0.325. The van der Waals surface area contributed by atoms with Gasteiger partial charge in [0.15, 0.2) is 5.65 Å². The molecule has 0 bridgehead atoms. The largest absolute Gasteiger partial charge is 0.368 e. The van der Waals surface area contributed by atoms with E-state index in [0.29, 0.717) is 17.5 Å². The van der Waals surface area contributed by atoms with Crippen molar-refractivity contribution < 1.29 is 0 Å². The maximum atomic E-state index is 5.62. The molecule has 0 amide bonds. The molecule has 3 rings (SSSR count). The van der Waals surface area contributed by atoms with Crippen LogP contribution in [0.25, 0.3) is 11.2 Å². The second-order valence-corrected chi connectivity index (χ2v) is 3.70. The van der Waals surface area contributed by atoms with E-state index in [2.05, 4.69) is 19.9 Å². The first-order valence-corrected chi connectivity index (χ1v) is 4.81. The minimum Gasteiger partial charge on any atom is -0.368 e. The summed E-state index contributed by atoms with van der Waals surface area (Å²) >= 11 is 0. The van der Waals surface area contributed by atoms with Crippen LogP contribution in [0.5, 0.6) is 0 Å². The van der Waals surface area contributed by atoms with Gasteiger partial charge in [-0.15, -0.1) is 0 Å². The Labute approximate surface area is 80.8 Å². The van der Waals surface area contributed by atoms with Crippen LogP contribution in [-0.2, 0) is 0 Å². The van der Waals surface area contributed by atoms with E-state index in [-0.39, 0.29) is 0 Å². The number of aromatic amines is 1. The van der Waals surface area contributed by atoms with Crippen molar-refractivity contribution in [3.05, 3.63) is 12.0 Å². The van der Waals surface area contributed by atoms with Gasteiger partial charge >= 0.3 is 0 Å². The van der Waals surface area contributed by atoms with Crippen LogP contribution in [0.4, 0.5) is 5.95 Å². The molecule has 0 radical (unpaired) electrons. The van der Waals surface area contributed by atoms with Gasteiger partial charge in [0.1, 0.15) is 5.52 Å². The fourth-order valence-electron chi connectivity index (χ4n) is 1.85. The van der Waals surface area contributed by atoms with Gasteiger partial charge in [0.25, 0.3) is 0 Å². The summed E-state index contributed by atoms with van der Waals surface area (Å²) < 4.78 is 0. The molecule has 2 heterocycles. The zero-order valence-corrected chi connectivity index (χ0v) is 7.70. The van der Waals surface area contributed by atoms with E-state index in [9.17, 15) is 0 Å². The predicted molar refractivity (Wildman–Crippen MR) is 52.7 cm³/mol. The summed E-state index contributed by atoms with van der Waals surface area (Å²) in [6.07, 6.45) is 5.32. The van der Waals surface area contributed by atoms with E-state index >= 15 is 0 Å². The third-order valence-electron chi connectivity index (χ3n) is 2.82. The number of nitrogen functional groups attached to an aromatic ring is 1. The number of imidazole rings is 1. The molecule has 3 N–H and O–H groups in total. The third-order valence-corrected chi connectivity index (χ3v) is 2.82. The summed E-state index contributed by atoms with van der Waals surface area (Å²) in [4.78, 5) is 15.5. The number of fused-ring (bicyclic) bond motifs is 1. The van der Waals surface area contributed by atoms with E-state index in [1.807, 2.05) is 0 Å².